The molecule has 3 heteroatoms. The summed E-state index contributed by atoms with van der Waals surface area (Å²) in [6, 6.07) is 0. The molecule has 1 heterocycles. The summed E-state index contributed by atoms with van der Waals surface area (Å²) in [5, 5.41) is 3.70. The molecule has 3 N–H and O–H groups in total. The van der Waals surface area contributed by atoms with E-state index in [1.807, 2.05) is 0 Å². The van der Waals surface area contributed by atoms with E-state index in [4.69, 9.17) is 10.5 Å². The van der Waals surface area contributed by atoms with Crippen LogP contribution < -0.4 is 11.1 Å². The molecule has 3 fully saturated rings. The van der Waals surface area contributed by atoms with Crippen molar-refractivity contribution in [2.24, 2.45) is 22.5 Å². The highest BCUT2D eigenvalue weighted by Gasteiger charge is 2.67. The fourth-order valence-electron chi connectivity index (χ4n) is 4.59. The molecule has 3 nitrogen and oxygen atoms in total. The van der Waals surface area contributed by atoms with Crippen molar-refractivity contribution in [1.29, 1.82) is 0 Å². The number of ether oxygens (including phenoxy) is 1. The zero-order valence-electron chi connectivity index (χ0n) is 12.8. The van der Waals surface area contributed by atoms with E-state index >= 15 is 0 Å². The van der Waals surface area contributed by atoms with Crippen molar-refractivity contribution in [1.82, 2.24) is 5.32 Å². The van der Waals surface area contributed by atoms with Crippen LogP contribution in [0.15, 0.2) is 0 Å². The zero-order chi connectivity index (χ0) is 13.7. The quantitative estimate of drug-likeness (QED) is 0.775. The monoisotopic (exact) mass is 266 g/mol. The Balaban J connectivity index is 1.55. The van der Waals surface area contributed by atoms with Gasteiger partial charge in [-0.3, -0.25) is 0 Å². The van der Waals surface area contributed by atoms with Gasteiger partial charge in [-0.1, -0.05) is 27.2 Å². The first-order valence-corrected chi connectivity index (χ1v) is 8.06. The van der Waals surface area contributed by atoms with Gasteiger partial charge in [0.05, 0.1) is 6.10 Å². The average molecular weight is 266 g/mol. The topological polar surface area (TPSA) is 47.3 Å². The van der Waals surface area contributed by atoms with Gasteiger partial charge in [-0.2, -0.15) is 0 Å². The molecular formula is C16H30N2O. The molecule has 0 aromatic carbocycles. The summed E-state index contributed by atoms with van der Waals surface area (Å²) in [4.78, 5) is 0. The highest BCUT2D eigenvalue weighted by Crippen LogP contribution is 2.58. The Bertz CT molecular complexity index is 351. The Morgan fingerprint density at radius 2 is 2.00 bits per heavy atom. The molecule has 0 aromatic rings. The van der Waals surface area contributed by atoms with Crippen LogP contribution in [-0.4, -0.2) is 31.3 Å². The van der Waals surface area contributed by atoms with Gasteiger partial charge in [0.1, 0.15) is 0 Å². The number of nitrogens with one attached hydrogen (secondary N) is 1. The van der Waals surface area contributed by atoms with E-state index in [1.165, 1.54) is 25.7 Å². The highest BCUT2D eigenvalue weighted by atomic mass is 16.5. The Labute approximate surface area is 117 Å². The second-order valence-corrected chi connectivity index (χ2v) is 7.80. The minimum absolute atomic E-state index is 0.0730. The van der Waals surface area contributed by atoms with E-state index in [-0.39, 0.29) is 11.0 Å². The van der Waals surface area contributed by atoms with Gasteiger partial charge in [0.25, 0.3) is 0 Å². The largest absolute Gasteiger partial charge is 0.377 e. The minimum atomic E-state index is -0.0730. The molecule has 1 saturated heterocycles. The maximum atomic E-state index is 6.75. The van der Waals surface area contributed by atoms with Crippen molar-refractivity contribution < 1.29 is 4.74 Å². The highest BCUT2D eigenvalue weighted by molar-refractivity contribution is 5.21. The lowest BCUT2D eigenvalue weighted by atomic mass is 9.48. The first kappa shape index (κ1) is 13.8. The second kappa shape index (κ2) is 4.44. The molecule has 19 heavy (non-hydrogen) atoms. The van der Waals surface area contributed by atoms with Crippen LogP contribution in [0.5, 0.6) is 0 Å². The third-order valence-electron chi connectivity index (χ3n) is 6.32. The van der Waals surface area contributed by atoms with Gasteiger partial charge in [-0.15, -0.1) is 0 Å². The third-order valence-corrected chi connectivity index (χ3v) is 6.32. The normalized spacial score (nSPS) is 41.7. The van der Waals surface area contributed by atoms with Crippen LogP contribution in [0, 0.1) is 16.7 Å². The van der Waals surface area contributed by atoms with Crippen molar-refractivity contribution in [3.8, 4) is 0 Å². The molecule has 3 unspecified atom stereocenters. The van der Waals surface area contributed by atoms with E-state index in [1.54, 1.807) is 0 Å². The Kier molecular flexibility index (Phi) is 3.23. The molecule has 110 valence electrons. The SMILES string of the molecule is CCCC1(CNCC2(N)C3CCOC3C2(C)C)CC1. The number of fused-ring (bicyclic) bond motifs is 1. The van der Waals surface area contributed by atoms with Crippen LogP contribution in [0.3, 0.4) is 0 Å². The van der Waals surface area contributed by atoms with Gasteiger partial charge in [-0.05, 0) is 31.1 Å². The van der Waals surface area contributed by atoms with Gasteiger partial charge in [0, 0.05) is 36.6 Å². The van der Waals surface area contributed by atoms with Gasteiger partial charge in [0.2, 0.25) is 0 Å². The van der Waals surface area contributed by atoms with E-state index in [0.29, 0.717) is 17.4 Å². The summed E-state index contributed by atoms with van der Waals surface area (Å²) in [6.07, 6.45) is 7.03. The molecule has 0 aromatic heterocycles. The van der Waals surface area contributed by atoms with E-state index in [2.05, 4.69) is 26.1 Å². The molecule has 0 bridgehead atoms. The molecular weight excluding hydrogens is 236 g/mol. The molecule has 2 aliphatic carbocycles. The lowest BCUT2D eigenvalue weighted by Gasteiger charge is -2.62. The minimum Gasteiger partial charge on any atom is -0.377 e. The van der Waals surface area contributed by atoms with E-state index in [9.17, 15) is 0 Å². The average Bonchev–Trinajstić information content (AvgIpc) is 2.95. The van der Waals surface area contributed by atoms with Crippen LogP contribution in [0.2, 0.25) is 0 Å². The lowest BCUT2D eigenvalue weighted by Crippen LogP contribution is -2.78. The molecule has 3 aliphatic rings. The van der Waals surface area contributed by atoms with Gasteiger partial charge in [0.15, 0.2) is 0 Å². The Hall–Kier alpha value is -0.120. The Morgan fingerprint density at radius 3 is 2.63 bits per heavy atom. The second-order valence-electron chi connectivity index (χ2n) is 7.80. The molecule has 0 spiro atoms. The van der Waals surface area contributed by atoms with Gasteiger partial charge in [-0.25, -0.2) is 0 Å². The molecule has 0 radical (unpaired) electrons. The van der Waals surface area contributed by atoms with Crippen molar-refractivity contribution in [2.45, 2.75) is 64.5 Å². The van der Waals surface area contributed by atoms with Crippen LogP contribution in [0.1, 0.15) is 52.9 Å². The van der Waals surface area contributed by atoms with Crippen LogP contribution >= 0.6 is 0 Å². The zero-order valence-corrected chi connectivity index (χ0v) is 12.8. The third kappa shape index (κ3) is 1.97. The molecule has 1 aliphatic heterocycles. The Morgan fingerprint density at radius 1 is 1.26 bits per heavy atom. The predicted octanol–water partition coefficient (Wildman–Crippen LogP) is 2.30. The van der Waals surface area contributed by atoms with Crippen molar-refractivity contribution in [2.75, 3.05) is 19.7 Å². The number of nitrogens with two attached hydrogens (primary N) is 1. The predicted molar refractivity (Wildman–Crippen MR) is 78.0 cm³/mol. The standard InChI is InChI=1S/C16H30N2O/c1-4-6-15(7-8-15)10-18-11-16(17)12-5-9-19-13(12)14(16,2)3/h12-13,18H,4-11,17H2,1-3H3. The van der Waals surface area contributed by atoms with E-state index < -0.39 is 0 Å². The van der Waals surface area contributed by atoms with Crippen molar-refractivity contribution in [3.63, 3.8) is 0 Å². The molecule has 3 rings (SSSR count). The maximum absolute atomic E-state index is 6.75. The molecule has 0 amide bonds. The summed E-state index contributed by atoms with van der Waals surface area (Å²) in [7, 11) is 0. The molecule has 2 saturated carbocycles. The number of hydrogen-bond donors (Lipinski definition) is 2. The summed E-state index contributed by atoms with van der Waals surface area (Å²) in [5.41, 5.74) is 7.40. The smallest absolute Gasteiger partial charge is 0.0691 e. The summed E-state index contributed by atoms with van der Waals surface area (Å²) in [6.45, 7) is 9.86. The first-order valence-electron chi connectivity index (χ1n) is 8.06. The van der Waals surface area contributed by atoms with Crippen molar-refractivity contribution >= 4 is 0 Å². The maximum Gasteiger partial charge on any atom is 0.0691 e. The number of rotatable bonds is 6. The van der Waals surface area contributed by atoms with Gasteiger partial charge >= 0.3 is 0 Å². The first-order chi connectivity index (χ1) is 8.95. The van der Waals surface area contributed by atoms with Crippen molar-refractivity contribution in [3.05, 3.63) is 0 Å². The summed E-state index contributed by atoms with van der Waals surface area (Å²) < 4.78 is 5.85. The fraction of sp³-hybridized carbons (Fsp3) is 1.00. The summed E-state index contributed by atoms with van der Waals surface area (Å²) in [5.74, 6) is 0.566. The number of hydrogen-bond acceptors (Lipinski definition) is 3. The molecule has 3 atom stereocenters. The van der Waals surface area contributed by atoms with Crippen LogP contribution in [0.25, 0.3) is 0 Å². The summed E-state index contributed by atoms with van der Waals surface area (Å²) >= 11 is 0. The lowest BCUT2D eigenvalue weighted by molar-refractivity contribution is -0.153. The van der Waals surface area contributed by atoms with E-state index in [0.717, 1.165) is 26.1 Å². The van der Waals surface area contributed by atoms with Crippen LogP contribution in [0.4, 0.5) is 0 Å². The fourth-order valence-corrected chi connectivity index (χ4v) is 4.59. The van der Waals surface area contributed by atoms with Gasteiger partial charge < -0.3 is 15.8 Å². The van der Waals surface area contributed by atoms with Crippen LogP contribution in [-0.2, 0) is 4.74 Å².